The van der Waals surface area contributed by atoms with Crippen molar-refractivity contribution in [3.63, 3.8) is 0 Å². The summed E-state index contributed by atoms with van der Waals surface area (Å²) in [4.78, 5) is 6.78. The van der Waals surface area contributed by atoms with Gasteiger partial charge in [-0.15, -0.1) is 0 Å². The van der Waals surface area contributed by atoms with E-state index >= 15 is 0 Å². The number of nitrogens with zero attached hydrogens (tertiary/aromatic N) is 2. The fourth-order valence-corrected chi connectivity index (χ4v) is 3.14. The van der Waals surface area contributed by atoms with Crippen molar-refractivity contribution in [3.8, 4) is 5.75 Å². The number of hydrogen-bond donors (Lipinski definition) is 2. The van der Waals surface area contributed by atoms with Crippen molar-refractivity contribution in [1.29, 1.82) is 0 Å². The number of rotatable bonds is 8. The van der Waals surface area contributed by atoms with Gasteiger partial charge in [0, 0.05) is 32.7 Å². The maximum atomic E-state index is 13.0. The van der Waals surface area contributed by atoms with Gasteiger partial charge < -0.3 is 20.1 Å². The van der Waals surface area contributed by atoms with E-state index in [2.05, 4.69) is 34.4 Å². The predicted octanol–water partition coefficient (Wildman–Crippen LogP) is 2.11. The Morgan fingerprint density at radius 3 is 2.37 bits per heavy atom. The summed E-state index contributed by atoms with van der Waals surface area (Å²) in [6, 6.07) is 6.49. The molecule has 1 fully saturated rings. The largest absolute Gasteiger partial charge is 0.489 e. The second-order valence-corrected chi connectivity index (χ2v) is 7.18. The van der Waals surface area contributed by atoms with Crippen LogP contribution >= 0.6 is 0 Å². The highest BCUT2D eigenvalue weighted by molar-refractivity contribution is 5.79. The average Bonchev–Trinajstić information content (AvgIpc) is 2.67. The van der Waals surface area contributed by atoms with Gasteiger partial charge in [-0.25, -0.2) is 4.39 Å². The van der Waals surface area contributed by atoms with Gasteiger partial charge in [0.05, 0.1) is 19.8 Å². The van der Waals surface area contributed by atoms with Gasteiger partial charge in [0.2, 0.25) is 0 Å². The molecular weight excluding hydrogens is 347 g/mol. The van der Waals surface area contributed by atoms with E-state index in [1.54, 1.807) is 19.2 Å². The zero-order chi connectivity index (χ0) is 19.6. The van der Waals surface area contributed by atoms with Gasteiger partial charge in [-0.1, -0.05) is 13.8 Å². The van der Waals surface area contributed by atoms with Crippen LogP contribution in [-0.4, -0.2) is 69.4 Å². The van der Waals surface area contributed by atoms with Crippen LogP contribution in [0.15, 0.2) is 29.3 Å². The molecule has 7 heteroatoms. The Kier molecular flexibility index (Phi) is 8.81. The molecule has 1 aliphatic heterocycles. The van der Waals surface area contributed by atoms with Gasteiger partial charge in [0.15, 0.2) is 5.96 Å². The summed E-state index contributed by atoms with van der Waals surface area (Å²) in [5, 5.41) is 6.72. The molecule has 2 unspecified atom stereocenters. The lowest BCUT2D eigenvalue weighted by molar-refractivity contribution is 0.00751. The van der Waals surface area contributed by atoms with Gasteiger partial charge >= 0.3 is 0 Å². The topological polar surface area (TPSA) is 58.1 Å². The van der Waals surface area contributed by atoms with Crippen LogP contribution in [0.25, 0.3) is 0 Å². The van der Waals surface area contributed by atoms with E-state index in [0.717, 1.165) is 38.8 Å². The molecule has 27 heavy (non-hydrogen) atoms. The third-order valence-electron chi connectivity index (χ3n) is 4.69. The molecule has 2 atom stereocenters. The van der Waals surface area contributed by atoms with Crippen LogP contribution in [0.2, 0.25) is 0 Å². The second kappa shape index (κ2) is 11.1. The van der Waals surface area contributed by atoms with Crippen molar-refractivity contribution >= 4 is 5.96 Å². The summed E-state index contributed by atoms with van der Waals surface area (Å²) in [5.41, 5.74) is 0. The molecule has 2 N–H and O–H groups in total. The van der Waals surface area contributed by atoms with Gasteiger partial charge in [0.25, 0.3) is 0 Å². The Balaban J connectivity index is 1.77. The molecule has 0 aromatic heterocycles. The zero-order valence-electron chi connectivity index (χ0n) is 16.9. The predicted molar refractivity (Wildman–Crippen MR) is 107 cm³/mol. The molecule has 1 aromatic rings. The monoisotopic (exact) mass is 380 g/mol. The highest BCUT2D eigenvalue weighted by atomic mass is 19.1. The number of ether oxygens (including phenoxy) is 2. The Morgan fingerprint density at radius 1 is 1.15 bits per heavy atom. The molecule has 0 bridgehead atoms. The standard InChI is InChI=1S/C20H33FN4O2/c1-15(2)19(25-9-11-26-12-10-25)14-24-20(22-4)23-13-16(3)27-18-7-5-17(21)6-8-18/h5-8,15-16,19H,9-14H2,1-4H3,(H2,22,23,24). The third kappa shape index (κ3) is 7.34. The van der Waals surface area contributed by atoms with Gasteiger partial charge in [-0.3, -0.25) is 9.89 Å². The van der Waals surface area contributed by atoms with Crippen LogP contribution in [0.4, 0.5) is 4.39 Å². The van der Waals surface area contributed by atoms with E-state index < -0.39 is 0 Å². The number of halogens is 1. The molecule has 0 saturated carbocycles. The van der Waals surface area contributed by atoms with Gasteiger partial charge in [-0.05, 0) is 37.1 Å². The van der Waals surface area contributed by atoms with Crippen molar-refractivity contribution in [3.05, 3.63) is 30.1 Å². The molecule has 1 saturated heterocycles. The molecule has 152 valence electrons. The lowest BCUT2D eigenvalue weighted by Crippen LogP contribution is -2.53. The van der Waals surface area contributed by atoms with Crippen LogP contribution in [0.1, 0.15) is 20.8 Å². The minimum atomic E-state index is -0.266. The fourth-order valence-electron chi connectivity index (χ4n) is 3.14. The van der Waals surface area contributed by atoms with Crippen LogP contribution < -0.4 is 15.4 Å². The minimum Gasteiger partial charge on any atom is -0.489 e. The molecule has 0 radical (unpaired) electrons. The number of nitrogens with one attached hydrogen (secondary N) is 2. The molecule has 6 nitrogen and oxygen atoms in total. The van der Waals surface area contributed by atoms with Crippen LogP contribution in [0.5, 0.6) is 5.75 Å². The highest BCUT2D eigenvalue weighted by Crippen LogP contribution is 2.13. The molecule has 0 aliphatic carbocycles. The molecule has 1 aliphatic rings. The van der Waals surface area contributed by atoms with E-state index in [1.807, 2.05) is 6.92 Å². The quantitative estimate of drug-likeness (QED) is 0.534. The lowest BCUT2D eigenvalue weighted by Gasteiger charge is -2.37. The number of guanidine groups is 1. The molecule has 0 spiro atoms. The molecule has 2 rings (SSSR count). The van der Waals surface area contributed by atoms with E-state index in [1.165, 1.54) is 12.1 Å². The van der Waals surface area contributed by atoms with Crippen LogP contribution in [0, 0.1) is 11.7 Å². The van der Waals surface area contributed by atoms with Crippen molar-refractivity contribution in [2.24, 2.45) is 10.9 Å². The Morgan fingerprint density at radius 2 is 1.78 bits per heavy atom. The zero-order valence-corrected chi connectivity index (χ0v) is 16.9. The molecular formula is C20H33FN4O2. The third-order valence-corrected chi connectivity index (χ3v) is 4.69. The first-order chi connectivity index (χ1) is 13.0. The van der Waals surface area contributed by atoms with Crippen molar-refractivity contribution < 1.29 is 13.9 Å². The minimum absolute atomic E-state index is 0.0749. The van der Waals surface area contributed by atoms with Crippen LogP contribution in [-0.2, 0) is 4.74 Å². The van der Waals surface area contributed by atoms with E-state index in [4.69, 9.17) is 9.47 Å². The maximum absolute atomic E-state index is 13.0. The second-order valence-electron chi connectivity index (χ2n) is 7.18. The smallest absolute Gasteiger partial charge is 0.191 e. The summed E-state index contributed by atoms with van der Waals surface area (Å²) < 4.78 is 24.2. The van der Waals surface area contributed by atoms with Crippen molar-refractivity contribution in [2.45, 2.75) is 32.9 Å². The van der Waals surface area contributed by atoms with Gasteiger partial charge in [-0.2, -0.15) is 0 Å². The molecule has 1 aromatic carbocycles. The van der Waals surface area contributed by atoms with E-state index in [9.17, 15) is 4.39 Å². The highest BCUT2D eigenvalue weighted by Gasteiger charge is 2.23. The Bertz CT molecular complexity index is 574. The van der Waals surface area contributed by atoms with Crippen molar-refractivity contribution in [1.82, 2.24) is 15.5 Å². The summed E-state index contributed by atoms with van der Waals surface area (Å²) in [6.07, 6.45) is -0.0749. The average molecular weight is 381 g/mol. The van der Waals surface area contributed by atoms with Crippen molar-refractivity contribution in [2.75, 3.05) is 46.4 Å². The summed E-state index contributed by atoms with van der Waals surface area (Å²) in [5.74, 6) is 1.68. The normalized spacial score (nSPS) is 18.2. The number of benzene rings is 1. The van der Waals surface area contributed by atoms with E-state index in [0.29, 0.717) is 24.3 Å². The van der Waals surface area contributed by atoms with Crippen LogP contribution in [0.3, 0.4) is 0 Å². The first-order valence-corrected chi connectivity index (χ1v) is 9.68. The number of aliphatic imine (C=N–C) groups is 1. The molecule has 1 heterocycles. The Hall–Kier alpha value is -1.86. The Labute approximate surface area is 162 Å². The number of hydrogen-bond acceptors (Lipinski definition) is 4. The van der Waals surface area contributed by atoms with E-state index in [-0.39, 0.29) is 11.9 Å². The summed E-state index contributed by atoms with van der Waals surface area (Å²) in [7, 11) is 1.76. The van der Waals surface area contributed by atoms with Gasteiger partial charge in [0.1, 0.15) is 17.7 Å². The molecule has 0 amide bonds. The SMILES string of the molecule is CN=C(NCC(C)Oc1ccc(F)cc1)NCC(C(C)C)N1CCOCC1. The first-order valence-electron chi connectivity index (χ1n) is 9.68. The fraction of sp³-hybridized carbons (Fsp3) is 0.650. The maximum Gasteiger partial charge on any atom is 0.191 e. The first kappa shape index (κ1) is 21.4. The summed E-state index contributed by atoms with van der Waals surface area (Å²) in [6.45, 7) is 11.4. The number of morpholine rings is 1. The lowest BCUT2D eigenvalue weighted by atomic mass is 10.0. The summed E-state index contributed by atoms with van der Waals surface area (Å²) >= 11 is 0.